The van der Waals surface area contributed by atoms with Crippen LogP contribution in [0.4, 0.5) is 0 Å². The lowest BCUT2D eigenvalue weighted by molar-refractivity contribution is -0.132. The number of amides is 3. The molecule has 1 fully saturated rings. The standard InChI is InChI=1S/C19H19N3O3/c1-20-10-4-5-14(20)11-21(13-8-9-13)17(23)12-22-18(24)15-6-2-3-7-16(15)19(22)25/h2-7,10,13H,8-9,11-12H2,1H3. The SMILES string of the molecule is Cn1cccc1CN(C(=O)CN1C(=O)c2ccccc2C1=O)C1CC1. The summed E-state index contributed by atoms with van der Waals surface area (Å²) >= 11 is 0. The smallest absolute Gasteiger partial charge is 0.262 e. The number of fused-ring (bicyclic) bond motifs is 1. The zero-order valence-electron chi connectivity index (χ0n) is 14.0. The zero-order valence-corrected chi connectivity index (χ0v) is 14.0. The van der Waals surface area contributed by atoms with E-state index < -0.39 is 0 Å². The van der Waals surface area contributed by atoms with Crippen molar-refractivity contribution in [1.82, 2.24) is 14.4 Å². The molecule has 1 aliphatic heterocycles. The Morgan fingerprint density at radius 1 is 1.08 bits per heavy atom. The lowest BCUT2D eigenvalue weighted by Gasteiger charge is -2.25. The number of hydrogen-bond acceptors (Lipinski definition) is 3. The summed E-state index contributed by atoms with van der Waals surface area (Å²) in [5, 5.41) is 0. The first-order valence-electron chi connectivity index (χ1n) is 8.41. The summed E-state index contributed by atoms with van der Waals surface area (Å²) in [7, 11) is 1.94. The number of benzene rings is 1. The Morgan fingerprint density at radius 3 is 2.24 bits per heavy atom. The van der Waals surface area contributed by atoms with E-state index in [2.05, 4.69) is 0 Å². The summed E-state index contributed by atoms with van der Waals surface area (Å²) in [6.07, 6.45) is 3.88. The highest BCUT2D eigenvalue weighted by Gasteiger charge is 2.39. The fourth-order valence-corrected chi connectivity index (χ4v) is 3.25. The second kappa shape index (κ2) is 5.88. The summed E-state index contributed by atoms with van der Waals surface area (Å²) in [5.41, 5.74) is 1.78. The van der Waals surface area contributed by atoms with Crippen molar-refractivity contribution < 1.29 is 14.4 Å². The molecule has 0 N–H and O–H groups in total. The first-order chi connectivity index (χ1) is 12.1. The monoisotopic (exact) mass is 337 g/mol. The Hall–Kier alpha value is -2.89. The lowest BCUT2D eigenvalue weighted by Crippen LogP contribution is -2.43. The van der Waals surface area contributed by atoms with Crippen LogP contribution in [0.1, 0.15) is 39.3 Å². The van der Waals surface area contributed by atoms with E-state index in [0.29, 0.717) is 17.7 Å². The number of imide groups is 1. The van der Waals surface area contributed by atoms with Gasteiger partial charge in [-0.3, -0.25) is 19.3 Å². The van der Waals surface area contributed by atoms with E-state index in [1.54, 1.807) is 29.2 Å². The van der Waals surface area contributed by atoms with Gasteiger partial charge >= 0.3 is 0 Å². The van der Waals surface area contributed by atoms with Crippen molar-refractivity contribution in [3.8, 4) is 0 Å². The molecule has 0 saturated heterocycles. The first-order valence-corrected chi connectivity index (χ1v) is 8.41. The predicted molar refractivity (Wildman–Crippen MR) is 90.8 cm³/mol. The number of carbonyl (C=O) groups excluding carboxylic acids is 3. The maximum Gasteiger partial charge on any atom is 0.262 e. The summed E-state index contributed by atoms with van der Waals surface area (Å²) in [6, 6.07) is 10.8. The molecule has 1 aromatic carbocycles. The van der Waals surface area contributed by atoms with Crippen LogP contribution >= 0.6 is 0 Å². The van der Waals surface area contributed by atoms with Gasteiger partial charge in [0.2, 0.25) is 5.91 Å². The molecule has 2 heterocycles. The molecule has 0 spiro atoms. The van der Waals surface area contributed by atoms with Gasteiger partial charge in [-0.25, -0.2) is 0 Å². The molecule has 4 rings (SSSR count). The van der Waals surface area contributed by atoms with Crippen molar-refractivity contribution in [2.24, 2.45) is 7.05 Å². The van der Waals surface area contributed by atoms with Crippen molar-refractivity contribution in [2.45, 2.75) is 25.4 Å². The summed E-state index contributed by atoms with van der Waals surface area (Å²) < 4.78 is 1.98. The summed E-state index contributed by atoms with van der Waals surface area (Å²) in [5.74, 6) is -0.953. The molecule has 2 aliphatic rings. The van der Waals surface area contributed by atoms with E-state index in [9.17, 15) is 14.4 Å². The molecule has 1 aromatic heterocycles. The van der Waals surface area contributed by atoms with Crippen molar-refractivity contribution >= 4 is 17.7 Å². The van der Waals surface area contributed by atoms with Crippen LogP contribution in [-0.2, 0) is 18.4 Å². The minimum absolute atomic E-state index is 0.182. The largest absolute Gasteiger partial charge is 0.353 e. The maximum atomic E-state index is 12.8. The minimum atomic E-state index is -0.386. The third kappa shape index (κ3) is 2.73. The molecule has 0 unspecified atom stereocenters. The third-order valence-electron chi connectivity index (χ3n) is 4.86. The fourth-order valence-electron chi connectivity index (χ4n) is 3.25. The average Bonchev–Trinajstić information content (AvgIpc) is 3.33. The number of carbonyl (C=O) groups is 3. The van der Waals surface area contributed by atoms with Crippen LogP contribution in [0.25, 0.3) is 0 Å². The molecule has 25 heavy (non-hydrogen) atoms. The van der Waals surface area contributed by atoms with Crippen LogP contribution in [-0.4, -0.2) is 44.7 Å². The van der Waals surface area contributed by atoms with Crippen molar-refractivity contribution in [3.05, 3.63) is 59.4 Å². The quantitative estimate of drug-likeness (QED) is 0.782. The molecular formula is C19H19N3O3. The van der Waals surface area contributed by atoms with Crippen LogP contribution in [0.5, 0.6) is 0 Å². The molecule has 0 atom stereocenters. The average molecular weight is 337 g/mol. The number of hydrogen-bond donors (Lipinski definition) is 0. The highest BCUT2D eigenvalue weighted by molar-refractivity contribution is 6.22. The van der Waals surface area contributed by atoms with Crippen LogP contribution in [0.15, 0.2) is 42.6 Å². The Morgan fingerprint density at radius 2 is 1.72 bits per heavy atom. The Balaban J connectivity index is 1.52. The summed E-state index contributed by atoms with van der Waals surface area (Å²) in [4.78, 5) is 40.6. The highest BCUT2D eigenvalue weighted by Crippen LogP contribution is 2.29. The molecule has 2 aromatic rings. The number of aryl methyl sites for hydroxylation is 1. The van der Waals surface area contributed by atoms with E-state index in [1.807, 2.05) is 29.9 Å². The Labute approximate surface area is 145 Å². The topological polar surface area (TPSA) is 62.6 Å². The van der Waals surface area contributed by atoms with Crippen LogP contribution < -0.4 is 0 Å². The van der Waals surface area contributed by atoms with Crippen LogP contribution in [0.2, 0.25) is 0 Å². The van der Waals surface area contributed by atoms with Gasteiger partial charge in [0.25, 0.3) is 11.8 Å². The van der Waals surface area contributed by atoms with E-state index in [4.69, 9.17) is 0 Å². The second-order valence-corrected chi connectivity index (χ2v) is 6.61. The minimum Gasteiger partial charge on any atom is -0.353 e. The predicted octanol–water partition coefficient (Wildman–Crippen LogP) is 1.81. The maximum absolute atomic E-state index is 12.8. The molecule has 6 nitrogen and oxygen atoms in total. The van der Waals surface area contributed by atoms with Gasteiger partial charge in [0, 0.05) is 25.0 Å². The van der Waals surface area contributed by atoms with E-state index >= 15 is 0 Å². The van der Waals surface area contributed by atoms with Gasteiger partial charge in [0.15, 0.2) is 0 Å². The van der Waals surface area contributed by atoms with Crippen LogP contribution in [0, 0.1) is 0 Å². The Kier molecular flexibility index (Phi) is 3.67. The van der Waals surface area contributed by atoms with Crippen molar-refractivity contribution in [3.63, 3.8) is 0 Å². The zero-order chi connectivity index (χ0) is 17.6. The van der Waals surface area contributed by atoms with Gasteiger partial charge in [0.1, 0.15) is 6.54 Å². The summed E-state index contributed by atoms with van der Waals surface area (Å²) in [6.45, 7) is 0.295. The number of nitrogens with zero attached hydrogens (tertiary/aromatic N) is 3. The van der Waals surface area contributed by atoms with Gasteiger partial charge in [-0.2, -0.15) is 0 Å². The molecule has 128 valence electrons. The molecule has 1 aliphatic carbocycles. The molecule has 6 heteroatoms. The van der Waals surface area contributed by atoms with E-state index in [1.165, 1.54) is 0 Å². The molecular weight excluding hydrogens is 318 g/mol. The normalized spacial score (nSPS) is 16.3. The molecule has 3 amide bonds. The van der Waals surface area contributed by atoms with Gasteiger partial charge in [-0.15, -0.1) is 0 Å². The van der Waals surface area contributed by atoms with E-state index in [0.717, 1.165) is 23.4 Å². The first kappa shape index (κ1) is 15.6. The Bertz CT molecular complexity index is 831. The van der Waals surface area contributed by atoms with Gasteiger partial charge < -0.3 is 9.47 Å². The third-order valence-corrected chi connectivity index (χ3v) is 4.86. The number of rotatable bonds is 5. The van der Waals surface area contributed by atoms with Crippen molar-refractivity contribution in [2.75, 3.05) is 6.54 Å². The highest BCUT2D eigenvalue weighted by atomic mass is 16.2. The van der Waals surface area contributed by atoms with Gasteiger partial charge in [-0.05, 0) is 37.1 Å². The van der Waals surface area contributed by atoms with Crippen LogP contribution in [0.3, 0.4) is 0 Å². The van der Waals surface area contributed by atoms with Crippen molar-refractivity contribution in [1.29, 1.82) is 0 Å². The molecule has 1 saturated carbocycles. The number of aromatic nitrogens is 1. The second-order valence-electron chi connectivity index (χ2n) is 6.61. The van der Waals surface area contributed by atoms with Gasteiger partial charge in [0.05, 0.1) is 17.7 Å². The molecule has 0 bridgehead atoms. The molecule has 0 radical (unpaired) electrons. The van der Waals surface area contributed by atoms with E-state index in [-0.39, 0.29) is 30.3 Å². The lowest BCUT2D eigenvalue weighted by atomic mass is 10.1. The van der Waals surface area contributed by atoms with Gasteiger partial charge in [-0.1, -0.05) is 12.1 Å². The fraction of sp³-hybridized carbons (Fsp3) is 0.316.